The van der Waals surface area contributed by atoms with Crippen LogP contribution in [0.25, 0.3) is 5.69 Å². The van der Waals surface area contributed by atoms with Gasteiger partial charge in [0.2, 0.25) is 0 Å². The van der Waals surface area contributed by atoms with Crippen LogP contribution < -0.4 is 5.32 Å². The highest BCUT2D eigenvalue weighted by atomic mass is 79.9. The second-order valence-electron chi connectivity index (χ2n) is 4.81. The second kappa shape index (κ2) is 5.24. The van der Waals surface area contributed by atoms with E-state index in [2.05, 4.69) is 38.6 Å². The van der Waals surface area contributed by atoms with E-state index in [-0.39, 0.29) is 0 Å². The lowest BCUT2D eigenvalue weighted by Gasteiger charge is -2.05. The molecule has 3 nitrogen and oxygen atoms in total. The molecule has 1 saturated heterocycles. The van der Waals surface area contributed by atoms with Crippen molar-refractivity contribution in [1.82, 2.24) is 15.1 Å². The molecule has 1 unspecified atom stereocenters. The summed E-state index contributed by atoms with van der Waals surface area (Å²) in [4.78, 5) is 0. The van der Waals surface area contributed by atoms with Crippen LogP contribution in [0.15, 0.2) is 41.1 Å². The summed E-state index contributed by atoms with van der Waals surface area (Å²) in [5, 5.41) is 7.86. The van der Waals surface area contributed by atoms with Gasteiger partial charge in [-0.15, -0.1) is 0 Å². The number of nitrogens with one attached hydrogen (secondary N) is 1. The quantitative estimate of drug-likeness (QED) is 0.945. The lowest BCUT2D eigenvalue weighted by molar-refractivity contribution is 0.580. The Morgan fingerprint density at radius 2 is 2.28 bits per heavy atom. The van der Waals surface area contributed by atoms with E-state index in [1.165, 1.54) is 12.0 Å². The molecule has 1 N–H and O–H groups in total. The molecule has 0 amide bonds. The maximum absolute atomic E-state index is 4.46. The van der Waals surface area contributed by atoms with Crippen LogP contribution in [-0.4, -0.2) is 22.9 Å². The number of halogens is 1. The van der Waals surface area contributed by atoms with E-state index in [1.54, 1.807) is 0 Å². The summed E-state index contributed by atoms with van der Waals surface area (Å²) in [5.41, 5.74) is 2.41. The summed E-state index contributed by atoms with van der Waals surface area (Å²) in [6.07, 6.45) is 6.52. The Kier molecular flexibility index (Phi) is 3.48. The first-order valence-electron chi connectivity index (χ1n) is 6.32. The Labute approximate surface area is 115 Å². The predicted molar refractivity (Wildman–Crippen MR) is 75.9 cm³/mol. The maximum Gasteiger partial charge on any atom is 0.0787 e. The van der Waals surface area contributed by atoms with E-state index in [0.29, 0.717) is 0 Å². The topological polar surface area (TPSA) is 29.9 Å². The van der Waals surface area contributed by atoms with E-state index in [1.807, 2.05) is 29.1 Å². The van der Waals surface area contributed by atoms with E-state index in [9.17, 15) is 0 Å². The van der Waals surface area contributed by atoms with Crippen LogP contribution in [0.2, 0.25) is 0 Å². The molecular weight excluding hydrogens is 290 g/mol. The Morgan fingerprint density at radius 3 is 3.06 bits per heavy atom. The van der Waals surface area contributed by atoms with Gasteiger partial charge in [-0.05, 0) is 65.5 Å². The lowest BCUT2D eigenvalue weighted by Crippen LogP contribution is -2.10. The van der Waals surface area contributed by atoms with Crippen molar-refractivity contribution in [2.75, 3.05) is 13.1 Å². The predicted octanol–water partition coefficient (Wildman–Crippen LogP) is 2.79. The molecule has 18 heavy (non-hydrogen) atoms. The SMILES string of the molecule is Brc1ccccc1-n1cc(CC2CCNC2)cn1. The van der Waals surface area contributed by atoms with Gasteiger partial charge in [0.25, 0.3) is 0 Å². The Morgan fingerprint density at radius 1 is 1.39 bits per heavy atom. The van der Waals surface area contributed by atoms with E-state index < -0.39 is 0 Å². The minimum Gasteiger partial charge on any atom is -0.316 e. The molecule has 1 aliphatic heterocycles. The smallest absolute Gasteiger partial charge is 0.0787 e. The lowest BCUT2D eigenvalue weighted by atomic mass is 10.0. The van der Waals surface area contributed by atoms with Crippen molar-refractivity contribution < 1.29 is 0 Å². The Hall–Kier alpha value is -1.13. The largest absolute Gasteiger partial charge is 0.316 e. The van der Waals surface area contributed by atoms with Crippen molar-refractivity contribution in [1.29, 1.82) is 0 Å². The number of rotatable bonds is 3. The van der Waals surface area contributed by atoms with E-state index in [4.69, 9.17) is 0 Å². The molecule has 1 fully saturated rings. The van der Waals surface area contributed by atoms with Crippen molar-refractivity contribution >= 4 is 15.9 Å². The zero-order valence-corrected chi connectivity index (χ0v) is 11.7. The van der Waals surface area contributed by atoms with Crippen molar-refractivity contribution in [3.63, 3.8) is 0 Å². The van der Waals surface area contributed by atoms with Crippen LogP contribution in [0, 0.1) is 5.92 Å². The second-order valence-corrected chi connectivity index (χ2v) is 5.66. The van der Waals surface area contributed by atoms with Gasteiger partial charge in [-0.2, -0.15) is 5.10 Å². The van der Waals surface area contributed by atoms with Crippen LogP contribution in [0.1, 0.15) is 12.0 Å². The molecule has 3 rings (SSSR count). The van der Waals surface area contributed by atoms with Crippen LogP contribution in [-0.2, 0) is 6.42 Å². The fourth-order valence-corrected chi connectivity index (χ4v) is 2.92. The maximum atomic E-state index is 4.46. The van der Waals surface area contributed by atoms with Crippen LogP contribution >= 0.6 is 15.9 Å². The van der Waals surface area contributed by atoms with Gasteiger partial charge in [-0.3, -0.25) is 0 Å². The van der Waals surface area contributed by atoms with Gasteiger partial charge in [0.15, 0.2) is 0 Å². The summed E-state index contributed by atoms with van der Waals surface area (Å²) in [5.74, 6) is 0.766. The van der Waals surface area contributed by atoms with E-state index in [0.717, 1.165) is 35.6 Å². The summed E-state index contributed by atoms with van der Waals surface area (Å²) in [6, 6.07) is 8.15. The number of aromatic nitrogens is 2. The molecule has 4 heteroatoms. The Balaban J connectivity index is 1.79. The summed E-state index contributed by atoms with van der Waals surface area (Å²) in [6.45, 7) is 2.29. The minimum atomic E-state index is 0.766. The first-order chi connectivity index (χ1) is 8.83. The molecule has 0 bridgehead atoms. The van der Waals surface area contributed by atoms with Gasteiger partial charge in [-0.25, -0.2) is 4.68 Å². The third-order valence-corrected chi connectivity index (χ3v) is 4.09. The molecule has 0 spiro atoms. The molecular formula is C14H16BrN3. The van der Waals surface area contributed by atoms with Gasteiger partial charge < -0.3 is 5.32 Å². The monoisotopic (exact) mass is 305 g/mol. The van der Waals surface area contributed by atoms with Crippen LogP contribution in [0.3, 0.4) is 0 Å². The summed E-state index contributed by atoms with van der Waals surface area (Å²) in [7, 11) is 0. The average Bonchev–Trinajstić information content (AvgIpc) is 3.02. The Bertz CT molecular complexity index is 529. The fraction of sp³-hybridized carbons (Fsp3) is 0.357. The highest BCUT2D eigenvalue weighted by molar-refractivity contribution is 9.10. The average molecular weight is 306 g/mol. The van der Waals surface area contributed by atoms with Crippen LogP contribution in [0.5, 0.6) is 0 Å². The molecule has 0 aliphatic carbocycles. The third kappa shape index (κ3) is 2.49. The molecule has 0 saturated carbocycles. The molecule has 1 aromatic heterocycles. The minimum absolute atomic E-state index is 0.766. The highest BCUT2D eigenvalue weighted by Crippen LogP contribution is 2.21. The van der Waals surface area contributed by atoms with Gasteiger partial charge in [0.1, 0.15) is 0 Å². The summed E-state index contributed by atoms with van der Waals surface area (Å²) >= 11 is 3.56. The molecule has 2 aromatic rings. The van der Waals surface area contributed by atoms with E-state index >= 15 is 0 Å². The van der Waals surface area contributed by atoms with Crippen molar-refractivity contribution in [3.8, 4) is 5.69 Å². The van der Waals surface area contributed by atoms with Gasteiger partial charge >= 0.3 is 0 Å². The zero-order valence-electron chi connectivity index (χ0n) is 10.1. The fourth-order valence-electron chi connectivity index (χ4n) is 2.46. The molecule has 1 aliphatic rings. The summed E-state index contributed by atoms with van der Waals surface area (Å²) < 4.78 is 3.02. The molecule has 2 heterocycles. The molecule has 1 aromatic carbocycles. The highest BCUT2D eigenvalue weighted by Gasteiger charge is 2.15. The van der Waals surface area contributed by atoms with Gasteiger partial charge in [0, 0.05) is 10.7 Å². The third-order valence-electron chi connectivity index (χ3n) is 3.42. The number of para-hydroxylation sites is 1. The van der Waals surface area contributed by atoms with Crippen molar-refractivity contribution in [2.45, 2.75) is 12.8 Å². The first-order valence-corrected chi connectivity index (χ1v) is 7.11. The van der Waals surface area contributed by atoms with Gasteiger partial charge in [-0.1, -0.05) is 12.1 Å². The van der Waals surface area contributed by atoms with Crippen molar-refractivity contribution in [3.05, 3.63) is 46.7 Å². The standard InChI is InChI=1S/C14H16BrN3/c15-13-3-1-2-4-14(13)18-10-12(9-17-18)7-11-5-6-16-8-11/h1-4,9-11,16H,5-8H2. The zero-order chi connectivity index (χ0) is 12.4. The van der Waals surface area contributed by atoms with Gasteiger partial charge in [0.05, 0.1) is 11.9 Å². The number of nitrogens with zero attached hydrogens (tertiary/aromatic N) is 2. The first kappa shape index (κ1) is 11.9. The molecule has 94 valence electrons. The number of hydrogen-bond donors (Lipinski definition) is 1. The number of benzene rings is 1. The molecule has 0 radical (unpaired) electrons. The normalized spacial score (nSPS) is 19.3. The van der Waals surface area contributed by atoms with Crippen molar-refractivity contribution in [2.24, 2.45) is 5.92 Å². The van der Waals surface area contributed by atoms with Crippen LogP contribution in [0.4, 0.5) is 0 Å². The molecule has 1 atom stereocenters. The number of hydrogen-bond acceptors (Lipinski definition) is 2.